The van der Waals surface area contributed by atoms with Crippen LogP contribution in [-0.2, 0) is 6.54 Å². The van der Waals surface area contributed by atoms with Crippen molar-refractivity contribution in [1.82, 2.24) is 10.3 Å². The molecular formula is C14H18N2O. The smallest absolute Gasteiger partial charge is 0.208 e. The Bertz CT molecular complexity index is 450. The van der Waals surface area contributed by atoms with Crippen LogP contribution < -0.4 is 5.32 Å². The van der Waals surface area contributed by atoms with Gasteiger partial charge in [0.25, 0.3) is 0 Å². The van der Waals surface area contributed by atoms with Crippen molar-refractivity contribution in [3.05, 3.63) is 53.7 Å². The van der Waals surface area contributed by atoms with Crippen molar-refractivity contribution in [1.29, 1.82) is 0 Å². The monoisotopic (exact) mass is 230 g/mol. The minimum atomic E-state index is 0.493. The first kappa shape index (κ1) is 11.9. The summed E-state index contributed by atoms with van der Waals surface area (Å²) in [5.74, 6) is 2.10. The molecule has 0 amide bonds. The van der Waals surface area contributed by atoms with Crippen LogP contribution in [0.5, 0.6) is 0 Å². The van der Waals surface area contributed by atoms with Crippen LogP contribution in [0.25, 0.3) is 0 Å². The lowest BCUT2D eigenvalue weighted by Gasteiger charge is -2.11. The molecule has 0 saturated heterocycles. The molecule has 1 atom stereocenters. The molecule has 0 bridgehead atoms. The molecule has 0 aliphatic heterocycles. The van der Waals surface area contributed by atoms with Crippen molar-refractivity contribution in [2.75, 3.05) is 6.54 Å². The highest BCUT2D eigenvalue weighted by Gasteiger charge is 2.05. The fourth-order valence-electron chi connectivity index (χ4n) is 1.78. The van der Waals surface area contributed by atoms with Crippen LogP contribution in [0.2, 0.25) is 0 Å². The maximum absolute atomic E-state index is 5.40. The van der Waals surface area contributed by atoms with E-state index in [2.05, 4.69) is 41.5 Å². The normalized spacial score (nSPS) is 12.6. The van der Waals surface area contributed by atoms with Gasteiger partial charge in [-0.3, -0.25) is 0 Å². The third kappa shape index (κ3) is 3.43. The Morgan fingerprint density at radius 2 is 2.06 bits per heavy atom. The van der Waals surface area contributed by atoms with Crippen LogP contribution in [0.4, 0.5) is 0 Å². The maximum Gasteiger partial charge on any atom is 0.208 e. The van der Waals surface area contributed by atoms with E-state index >= 15 is 0 Å². The summed E-state index contributed by atoms with van der Waals surface area (Å²) in [6.45, 7) is 5.72. The Kier molecular flexibility index (Phi) is 3.94. The van der Waals surface area contributed by atoms with Crippen LogP contribution in [-0.4, -0.2) is 11.5 Å². The number of benzene rings is 1. The number of rotatable bonds is 5. The molecular weight excluding hydrogens is 212 g/mol. The minimum absolute atomic E-state index is 0.493. The zero-order valence-electron chi connectivity index (χ0n) is 10.3. The van der Waals surface area contributed by atoms with Gasteiger partial charge in [-0.05, 0) is 18.4 Å². The van der Waals surface area contributed by atoms with Gasteiger partial charge in [0.2, 0.25) is 5.89 Å². The molecule has 0 saturated carbocycles. The van der Waals surface area contributed by atoms with Crippen molar-refractivity contribution in [3.8, 4) is 0 Å². The molecule has 17 heavy (non-hydrogen) atoms. The first-order valence-electron chi connectivity index (χ1n) is 5.92. The highest BCUT2D eigenvalue weighted by atomic mass is 16.4. The molecule has 0 fully saturated rings. The number of nitrogens with zero attached hydrogens (tertiary/aromatic N) is 1. The summed E-state index contributed by atoms with van der Waals surface area (Å²) >= 11 is 0. The van der Waals surface area contributed by atoms with Crippen molar-refractivity contribution >= 4 is 0 Å². The summed E-state index contributed by atoms with van der Waals surface area (Å²) in [6, 6.07) is 10.5. The number of aromatic nitrogens is 1. The molecule has 0 radical (unpaired) electrons. The molecule has 0 aliphatic rings. The molecule has 1 aromatic heterocycles. The Hall–Kier alpha value is -1.61. The minimum Gasteiger partial charge on any atom is -0.445 e. The van der Waals surface area contributed by atoms with Crippen molar-refractivity contribution in [2.45, 2.75) is 26.3 Å². The van der Waals surface area contributed by atoms with Gasteiger partial charge in [-0.1, -0.05) is 37.3 Å². The van der Waals surface area contributed by atoms with Gasteiger partial charge in [0.05, 0.1) is 12.7 Å². The van der Waals surface area contributed by atoms with E-state index in [1.165, 1.54) is 5.56 Å². The predicted molar refractivity (Wildman–Crippen MR) is 67.8 cm³/mol. The van der Waals surface area contributed by atoms with Gasteiger partial charge >= 0.3 is 0 Å². The lowest BCUT2D eigenvalue weighted by atomic mass is 10.0. The van der Waals surface area contributed by atoms with Crippen LogP contribution in [0.15, 0.2) is 40.9 Å². The van der Waals surface area contributed by atoms with Gasteiger partial charge in [0, 0.05) is 6.54 Å². The fourth-order valence-corrected chi connectivity index (χ4v) is 1.78. The van der Waals surface area contributed by atoms with Gasteiger partial charge in [-0.25, -0.2) is 4.98 Å². The topological polar surface area (TPSA) is 38.1 Å². The molecule has 2 rings (SSSR count). The van der Waals surface area contributed by atoms with E-state index < -0.39 is 0 Å². The summed E-state index contributed by atoms with van der Waals surface area (Å²) in [4.78, 5) is 4.16. The Morgan fingerprint density at radius 1 is 1.29 bits per heavy atom. The van der Waals surface area contributed by atoms with Crippen LogP contribution in [0.1, 0.15) is 30.1 Å². The SMILES string of the molecule is Cc1cnc(CNCC(C)c2ccccc2)o1. The Balaban J connectivity index is 1.79. The van der Waals surface area contributed by atoms with E-state index in [1.54, 1.807) is 6.20 Å². The van der Waals surface area contributed by atoms with Gasteiger partial charge < -0.3 is 9.73 Å². The Morgan fingerprint density at radius 3 is 2.71 bits per heavy atom. The van der Waals surface area contributed by atoms with E-state index in [0.717, 1.165) is 18.2 Å². The highest BCUT2D eigenvalue weighted by Crippen LogP contribution is 2.13. The summed E-state index contributed by atoms with van der Waals surface area (Å²) < 4.78 is 5.40. The van der Waals surface area contributed by atoms with Crippen LogP contribution in [0.3, 0.4) is 0 Å². The van der Waals surface area contributed by atoms with Gasteiger partial charge in [-0.2, -0.15) is 0 Å². The van der Waals surface area contributed by atoms with Crippen molar-refractivity contribution in [2.24, 2.45) is 0 Å². The van der Waals surface area contributed by atoms with E-state index in [-0.39, 0.29) is 0 Å². The molecule has 1 heterocycles. The molecule has 1 aromatic carbocycles. The lowest BCUT2D eigenvalue weighted by molar-refractivity contribution is 0.445. The molecule has 90 valence electrons. The molecule has 3 heteroatoms. The number of oxazole rings is 1. The molecule has 2 aromatic rings. The van der Waals surface area contributed by atoms with E-state index in [9.17, 15) is 0 Å². The Labute approximate surface area is 102 Å². The number of aryl methyl sites for hydroxylation is 1. The molecule has 1 unspecified atom stereocenters. The zero-order chi connectivity index (χ0) is 12.1. The average Bonchev–Trinajstić information content (AvgIpc) is 2.76. The summed E-state index contributed by atoms with van der Waals surface area (Å²) in [5.41, 5.74) is 1.35. The molecule has 0 spiro atoms. The average molecular weight is 230 g/mol. The summed E-state index contributed by atoms with van der Waals surface area (Å²) in [7, 11) is 0. The van der Waals surface area contributed by atoms with E-state index in [1.807, 2.05) is 13.0 Å². The third-order valence-electron chi connectivity index (χ3n) is 2.76. The predicted octanol–water partition coefficient (Wildman–Crippen LogP) is 2.88. The van der Waals surface area contributed by atoms with Gasteiger partial charge in [-0.15, -0.1) is 0 Å². The fraction of sp³-hybridized carbons (Fsp3) is 0.357. The van der Waals surface area contributed by atoms with E-state index in [0.29, 0.717) is 12.5 Å². The first-order valence-corrected chi connectivity index (χ1v) is 5.92. The number of nitrogens with one attached hydrogen (secondary N) is 1. The largest absolute Gasteiger partial charge is 0.445 e. The number of hydrogen-bond donors (Lipinski definition) is 1. The second-order valence-corrected chi connectivity index (χ2v) is 4.31. The second kappa shape index (κ2) is 5.64. The highest BCUT2D eigenvalue weighted by molar-refractivity contribution is 5.18. The van der Waals surface area contributed by atoms with E-state index in [4.69, 9.17) is 4.42 Å². The van der Waals surface area contributed by atoms with Crippen molar-refractivity contribution < 1.29 is 4.42 Å². The zero-order valence-corrected chi connectivity index (χ0v) is 10.3. The maximum atomic E-state index is 5.40. The molecule has 1 N–H and O–H groups in total. The van der Waals surface area contributed by atoms with Crippen LogP contribution >= 0.6 is 0 Å². The third-order valence-corrected chi connectivity index (χ3v) is 2.76. The quantitative estimate of drug-likeness (QED) is 0.858. The summed E-state index contributed by atoms with van der Waals surface area (Å²) in [5, 5.41) is 3.36. The second-order valence-electron chi connectivity index (χ2n) is 4.31. The van der Waals surface area contributed by atoms with Gasteiger partial charge in [0.15, 0.2) is 0 Å². The van der Waals surface area contributed by atoms with Crippen LogP contribution in [0, 0.1) is 6.92 Å². The van der Waals surface area contributed by atoms with Gasteiger partial charge in [0.1, 0.15) is 5.76 Å². The lowest BCUT2D eigenvalue weighted by Crippen LogP contribution is -2.19. The molecule has 3 nitrogen and oxygen atoms in total. The molecule has 0 aliphatic carbocycles. The number of hydrogen-bond acceptors (Lipinski definition) is 3. The standard InChI is InChI=1S/C14H18N2O/c1-11(13-6-4-3-5-7-13)8-15-10-14-16-9-12(2)17-14/h3-7,9,11,15H,8,10H2,1-2H3. The van der Waals surface area contributed by atoms with Crippen molar-refractivity contribution in [3.63, 3.8) is 0 Å². The first-order chi connectivity index (χ1) is 8.25. The summed E-state index contributed by atoms with van der Waals surface area (Å²) in [6.07, 6.45) is 1.75.